The Morgan fingerprint density at radius 1 is 1.29 bits per heavy atom. The molecule has 0 spiro atoms. The number of anilines is 1. The first-order valence-electron chi connectivity index (χ1n) is 5.46. The summed E-state index contributed by atoms with van der Waals surface area (Å²) in [5.41, 5.74) is 7.31. The second-order valence-electron chi connectivity index (χ2n) is 4.20. The summed E-state index contributed by atoms with van der Waals surface area (Å²) in [7, 11) is 1.81. The smallest absolute Gasteiger partial charge is 0.389 e. The normalized spacial score (nSPS) is 12.1. The lowest BCUT2D eigenvalue weighted by Gasteiger charge is -2.17. The molecule has 0 atom stereocenters. The van der Waals surface area contributed by atoms with Crippen molar-refractivity contribution in [3.05, 3.63) is 29.8 Å². The molecule has 0 unspecified atom stereocenters. The highest BCUT2D eigenvalue weighted by atomic mass is 19.4. The van der Waals surface area contributed by atoms with Crippen LogP contribution >= 0.6 is 0 Å². The molecule has 0 radical (unpaired) electrons. The van der Waals surface area contributed by atoms with Crippen LogP contribution in [0, 0.1) is 0 Å². The number of hydrogen-bond acceptors (Lipinski definition) is 2. The Morgan fingerprint density at radius 2 is 2.00 bits per heavy atom. The Bertz CT molecular complexity index is 350. The van der Waals surface area contributed by atoms with Gasteiger partial charge in [-0.1, -0.05) is 12.1 Å². The molecule has 0 aliphatic heterocycles. The Morgan fingerprint density at radius 3 is 2.59 bits per heavy atom. The monoisotopic (exact) mass is 246 g/mol. The fourth-order valence-electron chi connectivity index (χ4n) is 1.63. The van der Waals surface area contributed by atoms with Gasteiger partial charge in [-0.05, 0) is 37.7 Å². The predicted octanol–water partition coefficient (Wildman–Crippen LogP) is 3.04. The first-order chi connectivity index (χ1) is 7.87. The molecule has 1 aromatic carbocycles. The molecule has 0 aliphatic carbocycles. The Labute approximate surface area is 99.2 Å². The summed E-state index contributed by atoms with van der Waals surface area (Å²) in [4.78, 5) is 1.86. The van der Waals surface area contributed by atoms with Crippen molar-refractivity contribution >= 4 is 5.69 Å². The van der Waals surface area contributed by atoms with E-state index in [0.29, 0.717) is 18.8 Å². The number of halogens is 3. The van der Waals surface area contributed by atoms with E-state index in [1.807, 2.05) is 23.1 Å². The van der Waals surface area contributed by atoms with Crippen LogP contribution in [0.5, 0.6) is 0 Å². The lowest BCUT2D eigenvalue weighted by Crippen LogP contribution is -2.21. The van der Waals surface area contributed by atoms with Gasteiger partial charge in [0.15, 0.2) is 0 Å². The van der Waals surface area contributed by atoms with Crippen LogP contribution in [-0.2, 0) is 6.54 Å². The summed E-state index contributed by atoms with van der Waals surface area (Å²) >= 11 is 0. The first-order valence-corrected chi connectivity index (χ1v) is 5.46. The van der Waals surface area contributed by atoms with E-state index < -0.39 is 12.6 Å². The number of nitrogen functional groups attached to an aromatic ring is 1. The molecule has 17 heavy (non-hydrogen) atoms. The summed E-state index contributed by atoms with van der Waals surface area (Å²) in [6, 6.07) is 7.37. The Kier molecular flexibility index (Phi) is 4.81. The highest BCUT2D eigenvalue weighted by Crippen LogP contribution is 2.21. The number of nitrogens with zero attached hydrogens (tertiary/aromatic N) is 1. The van der Waals surface area contributed by atoms with Gasteiger partial charge in [0.1, 0.15) is 0 Å². The van der Waals surface area contributed by atoms with E-state index in [2.05, 4.69) is 0 Å². The molecule has 0 heterocycles. The van der Waals surface area contributed by atoms with Crippen molar-refractivity contribution < 1.29 is 13.2 Å². The van der Waals surface area contributed by atoms with Crippen LogP contribution < -0.4 is 5.73 Å². The van der Waals surface area contributed by atoms with Gasteiger partial charge in [-0.15, -0.1) is 0 Å². The van der Waals surface area contributed by atoms with Crippen LogP contribution in [0.25, 0.3) is 0 Å². The Hall–Kier alpha value is -1.23. The zero-order valence-electron chi connectivity index (χ0n) is 9.80. The third-order valence-electron chi connectivity index (χ3n) is 2.40. The summed E-state index contributed by atoms with van der Waals surface area (Å²) in [5.74, 6) is 0. The van der Waals surface area contributed by atoms with E-state index in [-0.39, 0.29) is 6.42 Å². The fourth-order valence-corrected chi connectivity index (χ4v) is 1.63. The Balaban J connectivity index is 2.32. The molecule has 0 amide bonds. The van der Waals surface area contributed by atoms with Crippen LogP contribution in [0.4, 0.5) is 18.9 Å². The van der Waals surface area contributed by atoms with Gasteiger partial charge in [0.05, 0.1) is 0 Å². The van der Waals surface area contributed by atoms with Crippen molar-refractivity contribution in [2.45, 2.75) is 25.6 Å². The summed E-state index contributed by atoms with van der Waals surface area (Å²) in [6.07, 6.45) is -4.66. The zero-order valence-corrected chi connectivity index (χ0v) is 9.80. The van der Waals surface area contributed by atoms with Crippen molar-refractivity contribution in [1.82, 2.24) is 4.90 Å². The molecular weight excluding hydrogens is 229 g/mol. The number of benzene rings is 1. The molecule has 2 N–H and O–H groups in total. The minimum absolute atomic E-state index is 0.127. The molecule has 0 saturated carbocycles. The molecule has 0 fully saturated rings. The highest BCUT2D eigenvalue weighted by Gasteiger charge is 2.26. The van der Waals surface area contributed by atoms with E-state index in [4.69, 9.17) is 5.73 Å². The molecular formula is C12H17F3N2. The average Bonchev–Trinajstić information content (AvgIpc) is 2.15. The quantitative estimate of drug-likeness (QED) is 0.809. The van der Waals surface area contributed by atoms with Crippen molar-refractivity contribution in [2.75, 3.05) is 19.3 Å². The van der Waals surface area contributed by atoms with Gasteiger partial charge in [-0.2, -0.15) is 13.2 Å². The van der Waals surface area contributed by atoms with Gasteiger partial charge in [-0.3, -0.25) is 0 Å². The predicted molar refractivity (Wildman–Crippen MR) is 62.5 cm³/mol. The third kappa shape index (κ3) is 6.16. The maximum absolute atomic E-state index is 12.0. The van der Waals surface area contributed by atoms with E-state index in [1.54, 1.807) is 13.1 Å². The molecule has 0 saturated heterocycles. The maximum Gasteiger partial charge on any atom is 0.389 e. The minimum atomic E-state index is -4.06. The molecule has 0 aliphatic rings. The molecule has 2 nitrogen and oxygen atoms in total. The van der Waals surface area contributed by atoms with Gasteiger partial charge in [-0.25, -0.2) is 0 Å². The highest BCUT2D eigenvalue weighted by molar-refractivity contribution is 5.40. The van der Waals surface area contributed by atoms with E-state index in [9.17, 15) is 13.2 Å². The maximum atomic E-state index is 12.0. The van der Waals surface area contributed by atoms with Crippen LogP contribution in [0.3, 0.4) is 0 Å². The molecule has 1 aromatic rings. The van der Waals surface area contributed by atoms with Gasteiger partial charge in [0, 0.05) is 18.7 Å². The van der Waals surface area contributed by atoms with Crippen LogP contribution in [0.2, 0.25) is 0 Å². The summed E-state index contributed by atoms with van der Waals surface area (Å²) in [6.45, 7) is 1.04. The van der Waals surface area contributed by atoms with E-state index >= 15 is 0 Å². The third-order valence-corrected chi connectivity index (χ3v) is 2.40. The lowest BCUT2D eigenvalue weighted by molar-refractivity contribution is -0.136. The van der Waals surface area contributed by atoms with Gasteiger partial charge < -0.3 is 10.6 Å². The minimum Gasteiger partial charge on any atom is -0.399 e. The largest absolute Gasteiger partial charge is 0.399 e. The molecule has 0 bridgehead atoms. The van der Waals surface area contributed by atoms with Crippen molar-refractivity contribution in [3.63, 3.8) is 0 Å². The number of alkyl halides is 3. The second-order valence-corrected chi connectivity index (χ2v) is 4.20. The molecule has 5 heteroatoms. The fraction of sp³-hybridized carbons (Fsp3) is 0.500. The van der Waals surface area contributed by atoms with Crippen LogP contribution in [-0.4, -0.2) is 24.7 Å². The standard InChI is InChI=1S/C12H17F3N2/c1-17(7-3-6-12(13,14)15)9-10-4-2-5-11(16)8-10/h2,4-5,8H,3,6-7,9,16H2,1H3. The first kappa shape index (κ1) is 13.8. The van der Waals surface area contributed by atoms with Gasteiger partial charge >= 0.3 is 6.18 Å². The number of hydrogen-bond donors (Lipinski definition) is 1. The van der Waals surface area contributed by atoms with Crippen LogP contribution in [0.1, 0.15) is 18.4 Å². The summed E-state index contributed by atoms with van der Waals surface area (Å²) < 4.78 is 35.9. The van der Waals surface area contributed by atoms with Gasteiger partial charge in [0.2, 0.25) is 0 Å². The van der Waals surface area contributed by atoms with Crippen LogP contribution in [0.15, 0.2) is 24.3 Å². The average molecular weight is 246 g/mol. The molecule has 96 valence electrons. The molecule has 1 rings (SSSR count). The van der Waals surface area contributed by atoms with E-state index in [1.165, 1.54) is 0 Å². The lowest BCUT2D eigenvalue weighted by atomic mass is 10.2. The number of rotatable bonds is 5. The topological polar surface area (TPSA) is 29.3 Å². The van der Waals surface area contributed by atoms with Gasteiger partial charge in [0.25, 0.3) is 0 Å². The second kappa shape index (κ2) is 5.91. The number of nitrogens with two attached hydrogens (primary N) is 1. The van der Waals surface area contributed by atoms with Crippen molar-refractivity contribution in [1.29, 1.82) is 0 Å². The molecule has 0 aromatic heterocycles. The summed E-state index contributed by atoms with van der Waals surface area (Å²) in [5, 5.41) is 0. The van der Waals surface area contributed by atoms with E-state index in [0.717, 1.165) is 5.56 Å². The zero-order chi connectivity index (χ0) is 12.9. The van der Waals surface area contributed by atoms with Crippen molar-refractivity contribution in [3.8, 4) is 0 Å². The SMILES string of the molecule is CN(CCCC(F)(F)F)Cc1cccc(N)c1. The van der Waals surface area contributed by atoms with Crippen molar-refractivity contribution in [2.24, 2.45) is 0 Å².